The first kappa shape index (κ1) is 32.2. The smallest absolute Gasteiger partial charge is 0.164 e. The Morgan fingerprint density at radius 2 is 0.839 bits per heavy atom. The van der Waals surface area contributed by atoms with Crippen LogP contribution in [-0.2, 0) is 0 Å². The minimum atomic E-state index is 0.649. The minimum absolute atomic E-state index is 0.649. The van der Waals surface area contributed by atoms with E-state index >= 15 is 0 Å². The van der Waals surface area contributed by atoms with Crippen molar-refractivity contribution in [2.24, 2.45) is 0 Å². The Hall–Kier alpha value is -7.21. The molecule has 0 saturated heterocycles. The zero-order chi connectivity index (χ0) is 37.0. The zero-order valence-corrected chi connectivity index (χ0v) is 31.0. The third kappa shape index (κ3) is 5.40. The number of rotatable bonds is 6. The highest BCUT2D eigenvalue weighted by molar-refractivity contribution is 7.27. The first-order valence-electron chi connectivity index (χ1n) is 18.8. The molecule has 11 aromatic rings. The molecule has 8 aromatic carbocycles. The number of fused-ring (bicyclic) bond motifs is 7. The average molecular weight is 733 g/mol. The quantitative estimate of drug-likeness (QED) is 0.171. The van der Waals surface area contributed by atoms with E-state index in [0.717, 1.165) is 27.9 Å². The van der Waals surface area contributed by atoms with Crippen LogP contribution in [0.2, 0.25) is 0 Å². The summed E-state index contributed by atoms with van der Waals surface area (Å²) < 4.78 is 5.00. The van der Waals surface area contributed by atoms with E-state index in [1.807, 2.05) is 72.0 Å². The van der Waals surface area contributed by atoms with Crippen molar-refractivity contribution in [3.63, 3.8) is 0 Å². The van der Waals surface area contributed by atoms with E-state index in [1.165, 1.54) is 58.7 Å². The molecule has 0 spiro atoms. The van der Waals surface area contributed by atoms with Gasteiger partial charge < -0.3 is 4.57 Å². The van der Waals surface area contributed by atoms with E-state index in [0.29, 0.717) is 17.5 Å². The van der Waals surface area contributed by atoms with Crippen molar-refractivity contribution in [1.82, 2.24) is 19.5 Å². The van der Waals surface area contributed by atoms with E-state index in [1.54, 1.807) is 0 Å². The molecule has 0 aliphatic rings. The second kappa shape index (κ2) is 13.3. The van der Waals surface area contributed by atoms with E-state index < -0.39 is 0 Å². The average Bonchev–Trinajstić information content (AvgIpc) is 3.83. The topological polar surface area (TPSA) is 43.6 Å². The number of benzene rings is 8. The van der Waals surface area contributed by atoms with Crippen molar-refractivity contribution in [2.75, 3.05) is 0 Å². The van der Waals surface area contributed by atoms with Gasteiger partial charge in [-0.1, -0.05) is 164 Å². The number of nitrogens with zero attached hydrogens (tertiary/aromatic N) is 4. The molecule has 56 heavy (non-hydrogen) atoms. The van der Waals surface area contributed by atoms with Crippen molar-refractivity contribution < 1.29 is 0 Å². The summed E-state index contributed by atoms with van der Waals surface area (Å²) in [6, 6.07) is 68.5. The Kier molecular flexibility index (Phi) is 7.64. The maximum Gasteiger partial charge on any atom is 0.164 e. The highest BCUT2D eigenvalue weighted by atomic mass is 32.1. The minimum Gasteiger partial charge on any atom is -0.309 e. The first-order valence-corrected chi connectivity index (χ1v) is 19.6. The molecule has 0 atom stereocenters. The molecule has 0 N–H and O–H groups in total. The van der Waals surface area contributed by atoms with Crippen molar-refractivity contribution in [3.8, 4) is 62.1 Å². The van der Waals surface area contributed by atoms with Crippen LogP contribution in [0.5, 0.6) is 0 Å². The Bertz CT molecular complexity index is 3150. The largest absolute Gasteiger partial charge is 0.309 e. The molecule has 3 aromatic heterocycles. The van der Waals surface area contributed by atoms with Gasteiger partial charge in [0.05, 0.1) is 11.0 Å². The van der Waals surface area contributed by atoms with Crippen LogP contribution >= 0.6 is 11.3 Å². The van der Waals surface area contributed by atoms with Crippen LogP contribution in [0.15, 0.2) is 194 Å². The summed E-state index contributed by atoms with van der Waals surface area (Å²) in [5, 5.41) is 5.10. The van der Waals surface area contributed by atoms with E-state index in [4.69, 9.17) is 15.0 Å². The number of aromatic nitrogens is 4. The molecular formula is C51H32N4S. The van der Waals surface area contributed by atoms with E-state index in [2.05, 4.69) is 138 Å². The normalized spacial score (nSPS) is 11.6. The highest BCUT2D eigenvalue weighted by Crippen LogP contribution is 2.46. The van der Waals surface area contributed by atoms with Gasteiger partial charge in [0.25, 0.3) is 0 Å². The molecule has 4 nitrogen and oxygen atoms in total. The van der Waals surface area contributed by atoms with Gasteiger partial charge >= 0.3 is 0 Å². The van der Waals surface area contributed by atoms with E-state index in [9.17, 15) is 0 Å². The van der Waals surface area contributed by atoms with Crippen molar-refractivity contribution in [3.05, 3.63) is 194 Å². The summed E-state index contributed by atoms with van der Waals surface area (Å²) in [6.45, 7) is 0. The molecule has 5 heteroatoms. The third-order valence-corrected chi connectivity index (χ3v) is 11.9. The molecule has 0 amide bonds. The van der Waals surface area contributed by atoms with Crippen LogP contribution in [-0.4, -0.2) is 19.5 Å². The van der Waals surface area contributed by atoms with E-state index in [-0.39, 0.29) is 0 Å². The second-order valence-corrected chi connectivity index (χ2v) is 15.0. The van der Waals surface area contributed by atoms with Gasteiger partial charge in [-0.2, -0.15) is 0 Å². The van der Waals surface area contributed by atoms with Crippen LogP contribution in [0, 0.1) is 0 Å². The fourth-order valence-corrected chi connectivity index (χ4v) is 9.38. The summed E-state index contributed by atoms with van der Waals surface area (Å²) in [5.74, 6) is 1.96. The molecule has 0 radical (unpaired) electrons. The Morgan fingerprint density at radius 1 is 0.339 bits per heavy atom. The summed E-state index contributed by atoms with van der Waals surface area (Å²) >= 11 is 1.89. The zero-order valence-electron chi connectivity index (χ0n) is 30.2. The SMILES string of the molecule is c1ccc(-c2ccc3c(c2)c2c4sc5c(-c6ccc(-c7nc(-c8ccccc8)nc(-c8ccccc8)n7)cc6)cccc5c4ccc2n3-c2ccccc2)cc1. The first-order chi connectivity index (χ1) is 27.8. The van der Waals surface area contributed by atoms with Crippen LogP contribution in [0.4, 0.5) is 0 Å². The van der Waals surface area contributed by atoms with Gasteiger partial charge in [-0.15, -0.1) is 11.3 Å². The van der Waals surface area contributed by atoms with Crippen molar-refractivity contribution in [2.45, 2.75) is 0 Å². The summed E-state index contributed by atoms with van der Waals surface area (Å²) in [6.07, 6.45) is 0. The molecule has 11 rings (SSSR count). The molecule has 0 fully saturated rings. The van der Waals surface area contributed by atoms with Gasteiger partial charge in [0.2, 0.25) is 0 Å². The Balaban J connectivity index is 1.07. The molecule has 262 valence electrons. The Labute approximate surface area is 327 Å². The number of hydrogen-bond acceptors (Lipinski definition) is 4. The third-order valence-electron chi connectivity index (χ3n) is 10.7. The number of hydrogen-bond donors (Lipinski definition) is 0. The summed E-state index contributed by atoms with van der Waals surface area (Å²) in [4.78, 5) is 14.8. The van der Waals surface area contributed by atoms with Crippen molar-refractivity contribution >= 4 is 53.3 Å². The number of thiophene rings is 1. The van der Waals surface area contributed by atoms with Gasteiger partial charge in [-0.05, 0) is 52.6 Å². The number of para-hydroxylation sites is 1. The van der Waals surface area contributed by atoms with Crippen LogP contribution in [0.25, 0.3) is 104 Å². The van der Waals surface area contributed by atoms with Crippen LogP contribution in [0.1, 0.15) is 0 Å². The van der Waals surface area contributed by atoms with Gasteiger partial charge in [0, 0.05) is 53.3 Å². The lowest BCUT2D eigenvalue weighted by Gasteiger charge is -2.09. The lowest BCUT2D eigenvalue weighted by molar-refractivity contribution is 1.07. The van der Waals surface area contributed by atoms with Crippen molar-refractivity contribution in [1.29, 1.82) is 0 Å². The molecule has 0 aliphatic heterocycles. The molecule has 0 unspecified atom stereocenters. The fraction of sp³-hybridized carbons (Fsp3) is 0. The monoisotopic (exact) mass is 732 g/mol. The maximum absolute atomic E-state index is 4.96. The lowest BCUT2D eigenvalue weighted by atomic mass is 10.00. The predicted octanol–water partition coefficient (Wildman–Crippen LogP) is 13.7. The highest BCUT2D eigenvalue weighted by Gasteiger charge is 2.20. The maximum atomic E-state index is 4.96. The van der Waals surface area contributed by atoms with Gasteiger partial charge in [0.15, 0.2) is 17.5 Å². The standard InChI is InChI=1S/C51H32N4S/c1-5-14-33(15-6-1)38-28-30-44-43(32-38)46-45(55(44)39-20-11-4-12-21-39)31-29-42-41-23-13-22-40(47(41)56-48(42)46)34-24-26-37(27-25-34)51-53-49(35-16-7-2-8-17-35)52-50(54-51)36-18-9-3-10-19-36/h1-32H. The predicted molar refractivity (Wildman–Crippen MR) is 234 cm³/mol. The molecular weight excluding hydrogens is 701 g/mol. The van der Waals surface area contributed by atoms with Gasteiger partial charge in [-0.3, -0.25) is 0 Å². The van der Waals surface area contributed by atoms with Gasteiger partial charge in [-0.25, -0.2) is 15.0 Å². The van der Waals surface area contributed by atoms with Crippen LogP contribution < -0.4 is 0 Å². The molecule has 0 aliphatic carbocycles. The Morgan fingerprint density at radius 3 is 1.46 bits per heavy atom. The summed E-state index contributed by atoms with van der Waals surface area (Å²) in [7, 11) is 0. The molecule has 0 bridgehead atoms. The van der Waals surface area contributed by atoms with Gasteiger partial charge in [0.1, 0.15) is 0 Å². The fourth-order valence-electron chi connectivity index (χ4n) is 7.99. The molecule has 3 heterocycles. The molecule has 0 saturated carbocycles. The second-order valence-electron chi connectivity index (χ2n) is 14.0. The van der Waals surface area contributed by atoms with Crippen LogP contribution in [0.3, 0.4) is 0 Å². The lowest BCUT2D eigenvalue weighted by Crippen LogP contribution is -2.00. The summed E-state index contributed by atoms with van der Waals surface area (Å²) in [5.41, 5.74) is 11.2.